The van der Waals surface area contributed by atoms with Crippen molar-refractivity contribution in [3.05, 3.63) is 53.9 Å². The molecule has 1 saturated carbocycles. The van der Waals surface area contributed by atoms with Crippen molar-refractivity contribution in [2.24, 2.45) is 7.05 Å². The van der Waals surface area contributed by atoms with Gasteiger partial charge in [0.05, 0.1) is 12.2 Å². The van der Waals surface area contributed by atoms with Crippen molar-refractivity contribution in [3.63, 3.8) is 0 Å². The molecule has 22 heavy (non-hydrogen) atoms. The van der Waals surface area contributed by atoms with Gasteiger partial charge >= 0.3 is 6.03 Å². The van der Waals surface area contributed by atoms with Crippen LogP contribution in [0.15, 0.2) is 42.7 Å². The van der Waals surface area contributed by atoms with Gasteiger partial charge in [0.2, 0.25) is 0 Å². The SMILES string of the molecule is CC(NC(=O)N(Cc1ccccc1)C1CC1)c1cnn(C)c1. The van der Waals surface area contributed by atoms with Crippen LogP contribution in [0.2, 0.25) is 0 Å². The molecule has 116 valence electrons. The molecule has 1 aromatic carbocycles. The highest BCUT2D eigenvalue weighted by Gasteiger charge is 2.33. The van der Waals surface area contributed by atoms with Gasteiger partial charge in [-0.25, -0.2) is 4.79 Å². The van der Waals surface area contributed by atoms with Gasteiger partial charge in [-0.05, 0) is 25.3 Å². The van der Waals surface area contributed by atoms with E-state index >= 15 is 0 Å². The minimum absolute atomic E-state index is 0.00251. The first-order valence-electron chi connectivity index (χ1n) is 7.73. The zero-order valence-corrected chi connectivity index (χ0v) is 13.1. The van der Waals surface area contributed by atoms with Crippen LogP contribution in [0.4, 0.5) is 4.79 Å². The first-order chi connectivity index (χ1) is 10.6. The van der Waals surface area contributed by atoms with Gasteiger partial charge in [0.1, 0.15) is 0 Å². The van der Waals surface area contributed by atoms with E-state index in [1.807, 2.05) is 43.3 Å². The van der Waals surface area contributed by atoms with Gasteiger partial charge in [-0.1, -0.05) is 30.3 Å². The predicted octanol–water partition coefficient (Wildman–Crippen LogP) is 2.86. The van der Waals surface area contributed by atoms with E-state index in [2.05, 4.69) is 22.5 Å². The third kappa shape index (κ3) is 3.47. The fourth-order valence-corrected chi connectivity index (χ4v) is 2.55. The van der Waals surface area contributed by atoms with Gasteiger partial charge < -0.3 is 10.2 Å². The van der Waals surface area contributed by atoms with E-state index in [0.29, 0.717) is 12.6 Å². The summed E-state index contributed by atoms with van der Waals surface area (Å²) in [5.74, 6) is 0. The number of carbonyl (C=O) groups is 1. The van der Waals surface area contributed by atoms with Crippen molar-refractivity contribution in [2.45, 2.75) is 38.4 Å². The lowest BCUT2D eigenvalue weighted by Crippen LogP contribution is -2.41. The maximum Gasteiger partial charge on any atom is 0.318 e. The van der Waals surface area contributed by atoms with Gasteiger partial charge in [-0.3, -0.25) is 4.68 Å². The molecule has 0 radical (unpaired) electrons. The van der Waals surface area contributed by atoms with Crippen LogP contribution in [0.1, 0.15) is 36.9 Å². The minimum Gasteiger partial charge on any atom is -0.331 e. The van der Waals surface area contributed by atoms with Gasteiger partial charge in [0, 0.05) is 31.4 Å². The molecule has 0 bridgehead atoms. The topological polar surface area (TPSA) is 50.2 Å². The Hall–Kier alpha value is -2.30. The van der Waals surface area contributed by atoms with Crippen molar-refractivity contribution in [3.8, 4) is 0 Å². The Morgan fingerprint density at radius 2 is 2.14 bits per heavy atom. The van der Waals surface area contributed by atoms with Crippen molar-refractivity contribution >= 4 is 6.03 Å². The number of aromatic nitrogens is 2. The number of benzene rings is 1. The lowest BCUT2D eigenvalue weighted by atomic mass is 10.2. The zero-order chi connectivity index (χ0) is 15.5. The van der Waals surface area contributed by atoms with Gasteiger partial charge in [-0.2, -0.15) is 5.10 Å². The molecule has 1 heterocycles. The Balaban J connectivity index is 1.65. The van der Waals surface area contributed by atoms with Crippen LogP contribution in [-0.4, -0.2) is 26.8 Å². The molecule has 1 aliphatic carbocycles. The molecule has 1 atom stereocenters. The molecule has 2 amide bonds. The summed E-state index contributed by atoms with van der Waals surface area (Å²) in [5.41, 5.74) is 2.19. The van der Waals surface area contributed by atoms with Crippen molar-refractivity contribution in [1.29, 1.82) is 0 Å². The molecule has 2 aromatic rings. The van der Waals surface area contributed by atoms with Crippen LogP contribution < -0.4 is 5.32 Å². The number of nitrogens with zero attached hydrogens (tertiary/aromatic N) is 3. The third-order valence-electron chi connectivity index (χ3n) is 4.01. The number of carbonyl (C=O) groups excluding carboxylic acids is 1. The van der Waals surface area contributed by atoms with E-state index in [1.165, 1.54) is 5.56 Å². The highest BCUT2D eigenvalue weighted by Crippen LogP contribution is 2.28. The Labute approximate surface area is 130 Å². The summed E-state index contributed by atoms with van der Waals surface area (Å²) in [7, 11) is 1.88. The number of urea groups is 1. The Bertz CT molecular complexity index is 633. The van der Waals surface area contributed by atoms with E-state index in [0.717, 1.165) is 18.4 Å². The van der Waals surface area contributed by atoms with Crippen LogP contribution in [0.5, 0.6) is 0 Å². The summed E-state index contributed by atoms with van der Waals surface area (Å²) in [6.07, 6.45) is 5.93. The lowest BCUT2D eigenvalue weighted by Gasteiger charge is -2.25. The number of rotatable bonds is 5. The average Bonchev–Trinajstić information content (AvgIpc) is 3.26. The maximum absolute atomic E-state index is 12.6. The fourth-order valence-electron chi connectivity index (χ4n) is 2.55. The third-order valence-corrected chi connectivity index (χ3v) is 4.01. The van der Waals surface area contributed by atoms with Crippen LogP contribution in [0, 0.1) is 0 Å². The summed E-state index contributed by atoms with van der Waals surface area (Å²) in [4.78, 5) is 14.6. The molecule has 1 fully saturated rings. The Morgan fingerprint density at radius 3 is 2.73 bits per heavy atom. The first kappa shape index (κ1) is 14.6. The van der Waals surface area contributed by atoms with Crippen molar-refractivity contribution in [1.82, 2.24) is 20.0 Å². The van der Waals surface area contributed by atoms with Crippen molar-refractivity contribution in [2.75, 3.05) is 0 Å². The fraction of sp³-hybridized carbons (Fsp3) is 0.412. The molecule has 0 saturated heterocycles. The molecule has 5 heteroatoms. The second kappa shape index (κ2) is 6.22. The molecule has 3 rings (SSSR count). The second-order valence-corrected chi connectivity index (χ2v) is 5.96. The number of hydrogen-bond acceptors (Lipinski definition) is 2. The highest BCUT2D eigenvalue weighted by atomic mass is 16.2. The van der Waals surface area contributed by atoms with E-state index < -0.39 is 0 Å². The lowest BCUT2D eigenvalue weighted by molar-refractivity contribution is 0.188. The average molecular weight is 298 g/mol. The van der Waals surface area contributed by atoms with Gasteiger partial charge in [0.25, 0.3) is 0 Å². The van der Waals surface area contributed by atoms with E-state index in [1.54, 1.807) is 10.9 Å². The summed E-state index contributed by atoms with van der Waals surface area (Å²) < 4.78 is 1.75. The van der Waals surface area contributed by atoms with Gasteiger partial charge in [-0.15, -0.1) is 0 Å². The molecule has 1 aliphatic rings. The molecule has 0 spiro atoms. The highest BCUT2D eigenvalue weighted by molar-refractivity contribution is 5.75. The monoisotopic (exact) mass is 298 g/mol. The van der Waals surface area contributed by atoms with Gasteiger partial charge in [0.15, 0.2) is 0 Å². The van der Waals surface area contributed by atoms with Crippen LogP contribution >= 0.6 is 0 Å². The molecule has 5 nitrogen and oxygen atoms in total. The standard InChI is InChI=1S/C17H22N4O/c1-13(15-10-18-20(2)12-15)19-17(22)21(16-8-9-16)11-14-6-4-3-5-7-14/h3-7,10,12-13,16H,8-9,11H2,1-2H3,(H,19,22). The summed E-state index contributed by atoms with van der Waals surface area (Å²) >= 11 is 0. The van der Waals surface area contributed by atoms with E-state index in [4.69, 9.17) is 0 Å². The number of nitrogens with one attached hydrogen (secondary N) is 1. The van der Waals surface area contributed by atoms with E-state index in [-0.39, 0.29) is 12.1 Å². The number of amides is 2. The Kier molecular flexibility index (Phi) is 4.13. The summed E-state index contributed by atoms with van der Waals surface area (Å²) in [6.45, 7) is 2.65. The van der Waals surface area contributed by atoms with Crippen LogP contribution in [0.3, 0.4) is 0 Å². The predicted molar refractivity (Wildman–Crippen MR) is 85.2 cm³/mol. The van der Waals surface area contributed by atoms with E-state index in [9.17, 15) is 4.79 Å². The summed E-state index contributed by atoms with van der Waals surface area (Å²) in [6, 6.07) is 10.5. The zero-order valence-electron chi connectivity index (χ0n) is 13.1. The van der Waals surface area contributed by atoms with Crippen LogP contribution in [-0.2, 0) is 13.6 Å². The second-order valence-electron chi connectivity index (χ2n) is 5.96. The molecule has 1 aromatic heterocycles. The smallest absolute Gasteiger partial charge is 0.318 e. The maximum atomic E-state index is 12.6. The molecule has 1 unspecified atom stereocenters. The molecular formula is C17H22N4O. The van der Waals surface area contributed by atoms with Crippen molar-refractivity contribution < 1.29 is 4.79 Å². The Morgan fingerprint density at radius 1 is 1.41 bits per heavy atom. The normalized spacial score (nSPS) is 15.4. The first-order valence-corrected chi connectivity index (χ1v) is 7.73. The quantitative estimate of drug-likeness (QED) is 0.922. The molecular weight excluding hydrogens is 276 g/mol. The minimum atomic E-state index is -0.0433. The van der Waals surface area contributed by atoms with Crippen LogP contribution in [0.25, 0.3) is 0 Å². The molecule has 1 N–H and O–H groups in total. The largest absolute Gasteiger partial charge is 0.331 e. The number of aryl methyl sites for hydroxylation is 1. The number of hydrogen-bond donors (Lipinski definition) is 1. The molecule has 0 aliphatic heterocycles. The summed E-state index contributed by atoms with van der Waals surface area (Å²) in [5, 5.41) is 7.24.